The van der Waals surface area contributed by atoms with Crippen molar-refractivity contribution in [2.24, 2.45) is 0 Å². The average molecular weight is 379 g/mol. The van der Waals surface area contributed by atoms with Crippen LogP contribution in [0, 0.1) is 13.8 Å². The zero-order valence-electron chi connectivity index (χ0n) is 14.5. The minimum Gasteiger partial charge on any atom is -0.297 e. The fourth-order valence-electron chi connectivity index (χ4n) is 3.24. The van der Waals surface area contributed by atoms with Crippen molar-refractivity contribution in [2.45, 2.75) is 37.8 Å². The predicted molar refractivity (Wildman–Crippen MR) is 101 cm³/mol. The van der Waals surface area contributed by atoms with Gasteiger partial charge in [-0.05, 0) is 49.1 Å². The van der Waals surface area contributed by atoms with Gasteiger partial charge in [0.05, 0.1) is 4.90 Å². The molecule has 1 unspecified atom stereocenters. The van der Waals surface area contributed by atoms with Gasteiger partial charge in [0.2, 0.25) is 10.0 Å². The lowest BCUT2D eigenvalue weighted by Crippen LogP contribution is -2.37. The van der Waals surface area contributed by atoms with E-state index in [1.165, 1.54) is 5.56 Å². The molecule has 0 aliphatic carbocycles. The van der Waals surface area contributed by atoms with Crippen LogP contribution in [0.1, 0.15) is 23.1 Å². The zero-order valence-corrected chi connectivity index (χ0v) is 16.1. The van der Waals surface area contributed by atoms with Crippen LogP contribution in [-0.2, 0) is 16.6 Å². The highest BCUT2D eigenvalue weighted by Crippen LogP contribution is 2.24. The van der Waals surface area contributed by atoms with Crippen LogP contribution in [0.25, 0.3) is 0 Å². The summed E-state index contributed by atoms with van der Waals surface area (Å²) >= 11 is 6.08. The van der Waals surface area contributed by atoms with Crippen molar-refractivity contribution in [3.8, 4) is 0 Å². The third-order valence-corrected chi connectivity index (χ3v) is 6.66. The van der Waals surface area contributed by atoms with Crippen LogP contribution < -0.4 is 4.72 Å². The molecule has 1 saturated heterocycles. The highest BCUT2D eigenvalue weighted by atomic mass is 35.5. The zero-order chi connectivity index (χ0) is 18.0. The molecule has 0 amide bonds. The van der Waals surface area contributed by atoms with Crippen molar-refractivity contribution in [3.63, 3.8) is 0 Å². The van der Waals surface area contributed by atoms with E-state index in [9.17, 15) is 8.42 Å². The molecule has 1 fully saturated rings. The molecule has 25 heavy (non-hydrogen) atoms. The van der Waals surface area contributed by atoms with Crippen molar-refractivity contribution in [2.75, 3.05) is 13.1 Å². The van der Waals surface area contributed by atoms with Crippen LogP contribution in [0.5, 0.6) is 0 Å². The van der Waals surface area contributed by atoms with E-state index in [4.69, 9.17) is 11.6 Å². The van der Waals surface area contributed by atoms with Gasteiger partial charge in [0, 0.05) is 30.7 Å². The summed E-state index contributed by atoms with van der Waals surface area (Å²) in [4.78, 5) is 2.60. The van der Waals surface area contributed by atoms with Crippen LogP contribution in [0.2, 0.25) is 5.02 Å². The summed E-state index contributed by atoms with van der Waals surface area (Å²) in [5.74, 6) is 0. The number of likely N-dealkylation sites (tertiary alicyclic amines) is 1. The SMILES string of the molecule is Cc1cc(S(=O)(=O)NC2CCN(Cc3ccccc3)C2)c(C)cc1Cl. The molecule has 1 atom stereocenters. The average Bonchev–Trinajstić information content (AvgIpc) is 2.98. The van der Waals surface area contributed by atoms with Crippen molar-refractivity contribution >= 4 is 21.6 Å². The number of nitrogens with zero attached hydrogens (tertiary/aromatic N) is 1. The number of rotatable bonds is 5. The number of halogens is 1. The Morgan fingerprint density at radius 3 is 2.60 bits per heavy atom. The first-order chi connectivity index (χ1) is 11.8. The summed E-state index contributed by atoms with van der Waals surface area (Å²) in [5, 5.41) is 0.589. The van der Waals surface area contributed by atoms with Gasteiger partial charge in [-0.2, -0.15) is 0 Å². The molecule has 0 spiro atoms. The first-order valence-electron chi connectivity index (χ1n) is 8.40. The summed E-state index contributed by atoms with van der Waals surface area (Å²) in [6.07, 6.45) is 0.817. The smallest absolute Gasteiger partial charge is 0.241 e. The van der Waals surface area contributed by atoms with Gasteiger partial charge in [-0.1, -0.05) is 41.9 Å². The Bertz CT molecular complexity index is 853. The normalized spacial score (nSPS) is 18.6. The first-order valence-corrected chi connectivity index (χ1v) is 10.3. The second-order valence-corrected chi connectivity index (χ2v) is 8.78. The lowest BCUT2D eigenvalue weighted by molar-refractivity contribution is 0.324. The van der Waals surface area contributed by atoms with E-state index in [1.54, 1.807) is 19.1 Å². The Balaban J connectivity index is 1.67. The number of nitrogens with one attached hydrogen (secondary N) is 1. The van der Waals surface area contributed by atoms with Crippen LogP contribution >= 0.6 is 11.6 Å². The van der Waals surface area contributed by atoms with Gasteiger partial charge in [0.1, 0.15) is 0 Å². The molecule has 1 aliphatic rings. The Morgan fingerprint density at radius 1 is 1.16 bits per heavy atom. The maximum atomic E-state index is 12.8. The summed E-state index contributed by atoms with van der Waals surface area (Å²) in [6, 6.07) is 13.5. The maximum absolute atomic E-state index is 12.8. The quantitative estimate of drug-likeness (QED) is 0.866. The molecule has 4 nitrogen and oxygen atoms in total. The molecule has 0 radical (unpaired) electrons. The molecule has 2 aromatic carbocycles. The molecule has 6 heteroatoms. The van der Waals surface area contributed by atoms with E-state index in [-0.39, 0.29) is 6.04 Å². The third kappa shape index (κ3) is 4.42. The van der Waals surface area contributed by atoms with Crippen LogP contribution in [-0.4, -0.2) is 32.4 Å². The minimum absolute atomic E-state index is 0.0657. The summed E-state index contributed by atoms with van der Waals surface area (Å²) in [5.41, 5.74) is 2.68. The van der Waals surface area contributed by atoms with E-state index in [2.05, 4.69) is 21.8 Å². The van der Waals surface area contributed by atoms with E-state index in [0.717, 1.165) is 31.6 Å². The van der Waals surface area contributed by atoms with E-state index >= 15 is 0 Å². The molecule has 0 saturated carbocycles. The van der Waals surface area contributed by atoms with Crippen molar-refractivity contribution in [3.05, 3.63) is 64.2 Å². The molecule has 1 aliphatic heterocycles. The van der Waals surface area contributed by atoms with Crippen LogP contribution in [0.15, 0.2) is 47.4 Å². The van der Waals surface area contributed by atoms with Gasteiger partial charge < -0.3 is 0 Å². The van der Waals surface area contributed by atoms with Gasteiger partial charge in [0.15, 0.2) is 0 Å². The Hall–Kier alpha value is -1.40. The summed E-state index contributed by atoms with van der Waals surface area (Å²) in [6.45, 7) is 6.05. The molecule has 1 heterocycles. The molecule has 1 N–H and O–H groups in total. The number of benzene rings is 2. The topological polar surface area (TPSA) is 49.4 Å². The highest BCUT2D eigenvalue weighted by molar-refractivity contribution is 7.89. The Kier molecular flexibility index (Phi) is 5.49. The van der Waals surface area contributed by atoms with Gasteiger partial charge >= 0.3 is 0 Å². The van der Waals surface area contributed by atoms with Crippen molar-refractivity contribution in [1.82, 2.24) is 9.62 Å². The molecular formula is C19H23ClN2O2S. The lowest BCUT2D eigenvalue weighted by Gasteiger charge is -2.18. The highest BCUT2D eigenvalue weighted by Gasteiger charge is 2.28. The van der Waals surface area contributed by atoms with E-state index in [0.29, 0.717) is 15.5 Å². The fourth-order valence-corrected chi connectivity index (χ4v) is 5.03. The predicted octanol–water partition coefficient (Wildman–Crippen LogP) is 3.51. The maximum Gasteiger partial charge on any atom is 0.241 e. The third-order valence-electron chi connectivity index (χ3n) is 4.59. The second kappa shape index (κ2) is 7.46. The molecule has 0 aromatic heterocycles. The standard InChI is InChI=1S/C19H23ClN2O2S/c1-14-11-19(15(2)10-18(14)20)25(23,24)21-17-8-9-22(13-17)12-16-6-4-3-5-7-16/h3-7,10-11,17,21H,8-9,12-13H2,1-2H3. The largest absolute Gasteiger partial charge is 0.297 e. The molecule has 2 aromatic rings. The lowest BCUT2D eigenvalue weighted by atomic mass is 10.2. The molecule has 0 bridgehead atoms. The number of hydrogen-bond donors (Lipinski definition) is 1. The number of aryl methyl sites for hydroxylation is 2. The van der Waals surface area contributed by atoms with E-state index < -0.39 is 10.0 Å². The summed E-state index contributed by atoms with van der Waals surface area (Å²) < 4.78 is 28.4. The van der Waals surface area contributed by atoms with Gasteiger partial charge in [-0.25, -0.2) is 13.1 Å². The fraction of sp³-hybridized carbons (Fsp3) is 0.368. The molecule has 134 valence electrons. The van der Waals surface area contributed by atoms with Gasteiger partial charge in [-0.15, -0.1) is 0 Å². The van der Waals surface area contributed by atoms with Crippen LogP contribution in [0.3, 0.4) is 0 Å². The second-order valence-electron chi connectivity index (χ2n) is 6.69. The first kappa shape index (κ1) is 18.4. The summed E-state index contributed by atoms with van der Waals surface area (Å²) in [7, 11) is -3.55. The molecule has 3 rings (SSSR count). The Labute approximate surface area is 154 Å². The number of sulfonamides is 1. The van der Waals surface area contributed by atoms with Gasteiger partial charge in [-0.3, -0.25) is 4.90 Å². The molecular weight excluding hydrogens is 356 g/mol. The number of hydrogen-bond acceptors (Lipinski definition) is 3. The van der Waals surface area contributed by atoms with Gasteiger partial charge in [0.25, 0.3) is 0 Å². The monoisotopic (exact) mass is 378 g/mol. The minimum atomic E-state index is -3.55. The van der Waals surface area contributed by atoms with Crippen LogP contribution in [0.4, 0.5) is 0 Å². The van der Waals surface area contributed by atoms with E-state index in [1.807, 2.05) is 25.1 Å². The van der Waals surface area contributed by atoms with Crippen molar-refractivity contribution < 1.29 is 8.42 Å². The Morgan fingerprint density at radius 2 is 1.88 bits per heavy atom. The van der Waals surface area contributed by atoms with Crippen molar-refractivity contribution in [1.29, 1.82) is 0 Å².